The first-order valence-electron chi connectivity index (χ1n) is 12.0. The summed E-state index contributed by atoms with van der Waals surface area (Å²) in [5, 5.41) is 7.16. The molecule has 0 radical (unpaired) electrons. The second kappa shape index (κ2) is 13.4. The quantitative estimate of drug-likeness (QED) is 0.0919. The number of hydrazone groups is 1. The summed E-state index contributed by atoms with van der Waals surface area (Å²) in [6, 6.07) is 23.2. The van der Waals surface area contributed by atoms with E-state index >= 15 is 0 Å². The first-order chi connectivity index (χ1) is 19.7. The number of carbonyl (C=O) groups is 4. The fourth-order valence-electron chi connectivity index (χ4n) is 3.31. The van der Waals surface area contributed by atoms with E-state index in [9.17, 15) is 19.2 Å². The van der Waals surface area contributed by atoms with Crippen LogP contribution in [0, 0.1) is 6.92 Å². The van der Waals surface area contributed by atoms with E-state index in [1.54, 1.807) is 36.4 Å². The number of halogens is 2. The molecule has 4 aromatic carbocycles. The Bertz CT molecular complexity index is 1620. The molecule has 4 aromatic rings. The lowest BCUT2D eigenvalue weighted by Crippen LogP contribution is -2.32. The molecule has 0 atom stereocenters. The van der Waals surface area contributed by atoms with E-state index in [0.29, 0.717) is 15.7 Å². The second-order valence-corrected chi connectivity index (χ2v) is 9.38. The molecule has 0 fully saturated rings. The van der Waals surface area contributed by atoms with Gasteiger partial charge in [0.15, 0.2) is 0 Å². The smallest absolute Gasteiger partial charge is 0.343 e. The molecule has 2 N–H and O–H groups in total. The Hall–Kier alpha value is -4.99. The lowest BCUT2D eigenvalue weighted by atomic mass is 10.2. The van der Waals surface area contributed by atoms with Gasteiger partial charge in [0.1, 0.15) is 11.5 Å². The highest BCUT2D eigenvalue weighted by molar-refractivity contribution is 6.39. The number of ether oxygens (including phenoxy) is 2. The van der Waals surface area contributed by atoms with Gasteiger partial charge in [0.2, 0.25) is 0 Å². The van der Waals surface area contributed by atoms with E-state index in [0.717, 1.165) is 5.56 Å². The Morgan fingerprint density at radius 2 is 1.27 bits per heavy atom. The molecule has 41 heavy (non-hydrogen) atoms. The van der Waals surface area contributed by atoms with Crippen LogP contribution >= 0.6 is 23.2 Å². The van der Waals surface area contributed by atoms with Crippen LogP contribution in [0.15, 0.2) is 96.1 Å². The molecular weight excluding hydrogens is 569 g/mol. The molecule has 11 heteroatoms. The summed E-state index contributed by atoms with van der Waals surface area (Å²) >= 11 is 11.8. The number of nitrogens with zero attached hydrogens (tertiary/aromatic N) is 1. The number of anilines is 1. The maximum atomic E-state index is 12.8. The molecular formula is C30H21Cl2N3O6. The monoisotopic (exact) mass is 589 g/mol. The highest BCUT2D eigenvalue weighted by atomic mass is 35.5. The van der Waals surface area contributed by atoms with Gasteiger partial charge in [-0.15, -0.1) is 0 Å². The topological polar surface area (TPSA) is 123 Å². The van der Waals surface area contributed by atoms with E-state index < -0.39 is 23.8 Å². The molecule has 0 aliphatic rings. The van der Waals surface area contributed by atoms with Crippen molar-refractivity contribution >= 4 is 58.9 Å². The SMILES string of the molecule is Cc1ccc(NC(=O)C(=O)N/N=C\c2ccc(OC(=O)c3ccc(Cl)cc3)cc2OC(=O)c2ccc(Cl)cc2)cc1. The maximum Gasteiger partial charge on any atom is 0.343 e. The van der Waals surface area contributed by atoms with Crippen LogP contribution in [0.5, 0.6) is 11.5 Å². The van der Waals surface area contributed by atoms with Crippen LogP contribution in [0.3, 0.4) is 0 Å². The molecule has 0 bridgehead atoms. The molecule has 0 aromatic heterocycles. The molecule has 9 nitrogen and oxygen atoms in total. The predicted molar refractivity (Wildman–Crippen MR) is 155 cm³/mol. The van der Waals surface area contributed by atoms with E-state index in [2.05, 4.69) is 15.8 Å². The summed E-state index contributed by atoms with van der Waals surface area (Å²) in [5.74, 6) is -3.29. The normalized spacial score (nSPS) is 10.6. The zero-order valence-electron chi connectivity index (χ0n) is 21.4. The fraction of sp³-hybridized carbons (Fsp3) is 0.0333. The average molecular weight is 590 g/mol. The number of aryl methyl sites for hydroxylation is 1. The number of amides is 2. The van der Waals surface area contributed by atoms with E-state index in [1.165, 1.54) is 60.8 Å². The van der Waals surface area contributed by atoms with Crippen LogP contribution in [0.2, 0.25) is 10.0 Å². The lowest BCUT2D eigenvalue weighted by Gasteiger charge is -2.11. The van der Waals surface area contributed by atoms with Crippen molar-refractivity contribution < 1.29 is 28.7 Å². The highest BCUT2D eigenvalue weighted by Gasteiger charge is 2.16. The largest absolute Gasteiger partial charge is 0.423 e. The third-order valence-electron chi connectivity index (χ3n) is 5.44. The number of hydrogen-bond acceptors (Lipinski definition) is 7. The standard InChI is InChI=1S/C30H21Cl2N3O6/c1-18-2-13-24(14-3-18)34-27(36)28(37)35-33-17-21-8-15-25(40-29(38)19-4-9-22(31)10-5-19)16-26(21)41-30(39)20-6-11-23(32)12-7-20/h2-17H,1H3,(H,34,36)(H,35,37)/b33-17-. The summed E-state index contributed by atoms with van der Waals surface area (Å²) in [6.07, 6.45) is 1.17. The van der Waals surface area contributed by atoms with Gasteiger partial charge in [-0.3, -0.25) is 9.59 Å². The van der Waals surface area contributed by atoms with Crippen LogP contribution in [0.1, 0.15) is 31.8 Å². The van der Waals surface area contributed by atoms with Crippen molar-refractivity contribution in [2.75, 3.05) is 5.32 Å². The number of nitrogens with one attached hydrogen (secondary N) is 2. The van der Waals surface area contributed by atoms with Crippen molar-refractivity contribution in [3.05, 3.63) is 123 Å². The first-order valence-corrected chi connectivity index (χ1v) is 12.7. The van der Waals surface area contributed by atoms with Crippen LogP contribution in [-0.2, 0) is 9.59 Å². The number of carbonyl (C=O) groups excluding carboxylic acids is 4. The second-order valence-electron chi connectivity index (χ2n) is 8.51. The van der Waals surface area contributed by atoms with Gasteiger partial charge in [-0.25, -0.2) is 15.0 Å². The minimum atomic E-state index is -1.02. The summed E-state index contributed by atoms with van der Waals surface area (Å²) in [4.78, 5) is 49.7. The summed E-state index contributed by atoms with van der Waals surface area (Å²) in [7, 11) is 0. The molecule has 0 saturated heterocycles. The third-order valence-corrected chi connectivity index (χ3v) is 5.95. The molecule has 0 aliphatic carbocycles. The van der Waals surface area contributed by atoms with Gasteiger partial charge in [-0.2, -0.15) is 5.10 Å². The Kier molecular flexibility index (Phi) is 9.47. The molecule has 0 unspecified atom stereocenters. The predicted octanol–water partition coefficient (Wildman–Crippen LogP) is 5.83. The van der Waals surface area contributed by atoms with Gasteiger partial charge in [-0.05, 0) is 79.7 Å². The Morgan fingerprint density at radius 1 is 0.707 bits per heavy atom. The Morgan fingerprint density at radius 3 is 1.85 bits per heavy atom. The van der Waals surface area contributed by atoms with Crippen LogP contribution < -0.4 is 20.2 Å². The average Bonchev–Trinajstić information content (AvgIpc) is 2.96. The Labute approximate surface area is 244 Å². The minimum absolute atomic E-state index is 0.0338. The van der Waals surface area contributed by atoms with Gasteiger partial charge in [-0.1, -0.05) is 40.9 Å². The van der Waals surface area contributed by atoms with Crippen molar-refractivity contribution in [3.63, 3.8) is 0 Å². The van der Waals surface area contributed by atoms with Crippen molar-refractivity contribution in [2.45, 2.75) is 6.92 Å². The highest BCUT2D eigenvalue weighted by Crippen LogP contribution is 2.26. The van der Waals surface area contributed by atoms with Crippen molar-refractivity contribution in [3.8, 4) is 11.5 Å². The van der Waals surface area contributed by atoms with E-state index in [4.69, 9.17) is 32.7 Å². The zero-order valence-corrected chi connectivity index (χ0v) is 22.9. The Balaban J connectivity index is 1.51. The van der Waals surface area contributed by atoms with Crippen LogP contribution in [0.4, 0.5) is 5.69 Å². The lowest BCUT2D eigenvalue weighted by molar-refractivity contribution is -0.136. The van der Waals surface area contributed by atoms with Gasteiger partial charge in [0.25, 0.3) is 0 Å². The molecule has 206 valence electrons. The van der Waals surface area contributed by atoms with Gasteiger partial charge in [0, 0.05) is 27.4 Å². The van der Waals surface area contributed by atoms with E-state index in [1.807, 2.05) is 6.92 Å². The molecule has 2 amide bonds. The number of rotatable bonds is 7. The molecule has 0 saturated carbocycles. The minimum Gasteiger partial charge on any atom is -0.423 e. The van der Waals surface area contributed by atoms with Crippen LogP contribution in [-0.4, -0.2) is 30.0 Å². The summed E-state index contributed by atoms with van der Waals surface area (Å²) in [5.41, 5.74) is 4.26. The fourth-order valence-corrected chi connectivity index (χ4v) is 3.56. The number of hydrogen-bond donors (Lipinski definition) is 2. The van der Waals surface area contributed by atoms with Gasteiger partial charge >= 0.3 is 23.8 Å². The van der Waals surface area contributed by atoms with Crippen LogP contribution in [0.25, 0.3) is 0 Å². The zero-order chi connectivity index (χ0) is 29.4. The summed E-state index contributed by atoms with van der Waals surface area (Å²) < 4.78 is 11.0. The maximum absolute atomic E-state index is 12.8. The molecule has 4 rings (SSSR count). The molecule has 0 spiro atoms. The van der Waals surface area contributed by atoms with Gasteiger partial charge < -0.3 is 14.8 Å². The van der Waals surface area contributed by atoms with Crippen molar-refractivity contribution in [1.29, 1.82) is 0 Å². The first kappa shape index (κ1) is 29.0. The molecule has 0 aliphatic heterocycles. The number of esters is 2. The van der Waals surface area contributed by atoms with Gasteiger partial charge in [0.05, 0.1) is 17.3 Å². The summed E-state index contributed by atoms with van der Waals surface area (Å²) in [6.45, 7) is 1.89. The number of benzene rings is 4. The third kappa shape index (κ3) is 8.25. The van der Waals surface area contributed by atoms with Crippen molar-refractivity contribution in [2.24, 2.45) is 5.10 Å². The van der Waals surface area contributed by atoms with E-state index in [-0.39, 0.29) is 28.2 Å². The van der Waals surface area contributed by atoms with Crippen molar-refractivity contribution in [1.82, 2.24) is 5.43 Å². The molecule has 0 heterocycles.